The summed E-state index contributed by atoms with van der Waals surface area (Å²) < 4.78 is 12.2. The Morgan fingerprint density at radius 2 is 1.55 bits per heavy atom. The van der Waals surface area contributed by atoms with Crippen molar-refractivity contribution in [2.24, 2.45) is 45.3 Å². The van der Waals surface area contributed by atoms with Gasteiger partial charge >= 0.3 is 0 Å². The first kappa shape index (κ1) is 34.7. The summed E-state index contributed by atoms with van der Waals surface area (Å²) in [5.74, 6) is 0.792. The van der Waals surface area contributed by atoms with Crippen molar-refractivity contribution in [3.63, 3.8) is 0 Å². The van der Waals surface area contributed by atoms with Gasteiger partial charge in [-0.25, -0.2) is 0 Å². The van der Waals surface area contributed by atoms with E-state index >= 15 is 0 Å². The predicted molar refractivity (Wildman–Crippen MR) is 168 cm³/mol. The van der Waals surface area contributed by atoms with Crippen molar-refractivity contribution < 1.29 is 40.1 Å². The molecule has 0 aromatic heterocycles. The van der Waals surface area contributed by atoms with Crippen molar-refractivity contribution in [3.8, 4) is 0 Å². The highest BCUT2D eigenvalue weighted by Gasteiger charge is 2.71. The van der Waals surface area contributed by atoms with Crippen molar-refractivity contribution in [2.45, 2.75) is 162 Å². The van der Waals surface area contributed by atoms with Gasteiger partial charge in [0.15, 0.2) is 6.29 Å². The topological polar surface area (TPSA) is 140 Å². The molecular weight excluding hydrogens is 560 g/mol. The maximum Gasteiger partial charge on any atom is 0.186 e. The molecule has 8 heteroatoms. The third kappa shape index (κ3) is 5.26. The fourth-order valence-electron chi connectivity index (χ4n) is 11.9. The van der Waals surface area contributed by atoms with Crippen molar-refractivity contribution >= 4 is 0 Å². The maximum absolute atomic E-state index is 12.0. The molecule has 2 unspecified atom stereocenters. The Balaban J connectivity index is 1.37. The van der Waals surface area contributed by atoms with E-state index in [1.165, 1.54) is 5.57 Å². The van der Waals surface area contributed by atoms with Crippen LogP contribution in [0.25, 0.3) is 0 Å². The molecule has 1 aliphatic heterocycles. The van der Waals surface area contributed by atoms with Gasteiger partial charge in [-0.2, -0.15) is 0 Å². The van der Waals surface area contributed by atoms with Crippen LogP contribution < -0.4 is 0 Å². The average molecular weight is 623 g/mol. The van der Waals surface area contributed by atoms with E-state index in [1.807, 2.05) is 6.92 Å². The molecule has 8 nitrogen and oxygen atoms in total. The monoisotopic (exact) mass is 622 g/mol. The SMILES string of the molecule is CC(C)=CCC[C@](C)(O)[C@H]1CC[C@]2(C)[C@@H]1C(O)C[C@@H]1[C@@]3(C)CCC(O[C@@H]4O[C@H](CO)[C@@H](O)[C@H](O)[C@H]4O)C(C)(C)[C@@H]3CC[C@]12C. The number of hydrogen-bond acceptors (Lipinski definition) is 8. The minimum atomic E-state index is -1.46. The molecule has 0 amide bonds. The number of allylic oxidation sites excluding steroid dienone is 2. The van der Waals surface area contributed by atoms with Crippen LogP contribution in [0, 0.1) is 45.3 Å². The Hall–Kier alpha value is -0.580. The summed E-state index contributed by atoms with van der Waals surface area (Å²) in [5.41, 5.74) is 0.122. The molecule has 254 valence electrons. The summed E-state index contributed by atoms with van der Waals surface area (Å²) in [6.07, 6.45) is 3.15. The van der Waals surface area contributed by atoms with E-state index in [0.29, 0.717) is 18.3 Å². The van der Waals surface area contributed by atoms with Crippen molar-refractivity contribution in [2.75, 3.05) is 6.61 Å². The largest absolute Gasteiger partial charge is 0.394 e. The van der Waals surface area contributed by atoms with E-state index in [-0.39, 0.29) is 39.6 Å². The fraction of sp³-hybridized carbons (Fsp3) is 0.944. The first-order valence-electron chi connectivity index (χ1n) is 17.3. The van der Waals surface area contributed by atoms with Crippen molar-refractivity contribution in [1.29, 1.82) is 0 Å². The van der Waals surface area contributed by atoms with Gasteiger partial charge in [-0.3, -0.25) is 0 Å². The van der Waals surface area contributed by atoms with Gasteiger partial charge in [0, 0.05) is 0 Å². The molecule has 1 heterocycles. The van der Waals surface area contributed by atoms with Crippen LogP contribution in [-0.2, 0) is 9.47 Å². The Kier molecular flexibility index (Phi) is 9.35. The van der Waals surface area contributed by atoms with Gasteiger partial charge in [-0.15, -0.1) is 0 Å². The standard InChI is InChI=1S/C36H62O8/c1-20(2)10-9-14-36(8,42)21-11-16-35(7)27(21)22(38)18-25-33(5)15-13-26(32(3,4)24(33)12-17-34(25,35)6)44-31-30(41)29(40)28(39)23(19-37)43-31/h10,21-31,37-42H,9,11-19H2,1-8H3/t21-,22?,23+,24-,25+,26?,27-,28+,29-,30+,31-,33-,34+,35+,36-/m0/s1. The Morgan fingerprint density at radius 1 is 0.886 bits per heavy atom. The molecule has 15 atom stereocenters. The molecule has 44 heavy (non-hydrogen) atoms. The van der Waals surface area contributed by atoms with Gasteiger partial charge in [0.2, 0.25) is 0 Å². The van der Waals surface area contributed by atoms with Crippen LogP contribution in [0.1, 0.15) is 113 Å². The predicted octanol–water partition coefficient (Wildman–Crippen LogP) is 4.32. The highest BCUT2D eigenvalue weighted by atomic mass is 16.7. The van der Waals surface area contributed by atoms with Crippen LogP contribution >= 0.6 is 0 Å². The van der Waals surface area contributed by atoms with Gasteiger partial charge in [-0.05, 0) is 124 Å². The van der Waals surface area contributed by atoms with Crippen LogP contribution in [0.15, 0.2) is 11.6 Å². The lowest BCUT2D eigenvalue weighted by atomic mass is 9.35. The second-order valence-electron chi connectivity index (χ2n) is 17.3. The number of ether oxygens (including phenoxy) is 2. The zero-order valence-electron chi connectivity index (χ0n) is 28.5. The minimum absolute atomic E-state index is 0.0231. The normalized spacial score (nSPS) is 51.5. The van der Waals surface area contributed by atoms with Crippen LogP contribution in [0.5, 0.6) is 0 Å². The smallest absolute Gasteiger partial charge is 0.186 e. The molecule has 0 bridgehead atoms. The summed E-state index contributed by atoms with van der Waals surface area (Å²) >= 11 is 0. The van der Waals surface area contributed by atoms with Crippen molar-refractivity contribution in [3.05, 3.63) is 11.6 Å². The summed E-state index contributed by atoms with van der Waals surface area (Å²) in [4.78, 5) is 0. The molecule has 4 saturated carbocycles. The van der Waals surface area contributed by atoms with Crippen LogP contribution in [0.2, 0.25) is 0 Å². The first-order chi connectivity index (χ1) is 20.3. The van der Waals surface area contributed by atoms with E-state index in [4.69, 9.17) is 9.47 Å². The highest BCUT2D eigenvalue weighted by Crippen LogP contribution is 2.76. The molecule has 1 saturated heterocycles. The average Bonchev–Trinajstić information content (AvgIpc) is 3.32. The minimum Gasteiger partial charge on any atom is -0.394 e. The van der Waals surface area contributed by atoms with Gasteiger partial charge in [0.05, 0.1) is 24.4 Å². The Bertz CT molecular complexity index is 1070. The van der Waals surface area contributed by atoms with E-state index < -0.39 is 49.0 Å². The van der Waals surface area contributed by atoms with Crippen LogP contribution in [0.4, 0.5) is 0 Å². The van der Waals surface area contributed by atoms with Gasteiger partial charge in [0.1, 0.15) is 24.4 Å². The summed E-state index contributed by atoms with van der Waals surface area (Å²) in [6, 6.07) is 0. The lowest BCUT2D eigenvalue weighted by Crippen LogP contribution is -2.67. The molecular formula is C36H62O8. The van der Waals surface area contributed by atoms with Gasteiger partial charge < -0.3 is 40.1 Å². The third-order valence-corrected chi connectivity index (χ3v) is 14.5. The fourth-order valence-corrected chi connectivity index (χ4v) is 11.9. The van der Waals surface area contributed by atoms with Gasteiger partial charge in [-0.1, -0.05) is 46.3 Å². The lowest BCUT2D eigenvalue weighted by molar-refractivity contribution is -0.332. The van der Waals surface area contributed by atoms with Gasteiger partial charge in [0.25, 0.3) is 0 Å². The molecule has 5 aliphatic rings. The van der Waals surface area contributed by atoms with E-state index in [2.05, 4.69) is 54.5 Å². The highest BCUT2D eigenvalue weighted by molar-refractivity contribution is 5.20. The summed E-state index contributed by atoms with van der Waals surface area (Å²) in [5, 5.41) is 64.8. The van der Waals surface area contributed by atoms with Crippen LogP contribution in [-0.4, -0.2) is 85.8 Å². The number of aliphatic hydroxyl groups is 6. The first-order valence-corrected chi connectivity index (χ1v) is 17.3. The molecule has 4 aliphatic carbocycles. The molecule has 6 N–H and O–H groups in total. The van der Waals surface area contributed by atoms with Crippen molar-refractivity contribution in [1.82, 2.24) is 0 Å². The third-order valence-electron chi connectivity index (χ3n) is 14.5. The lowest BCUT2D eigenvalue weighted by Gasteiger charge is -2.70. The van der Waals surface area contributed by atoms with E-state index in [1.54, 1.807) is 0 Å². The van der Waals surface area contributed by atoms with Crippen LogP contribution in [0.3, 0.4) is 0 Å². The second kappa shape index (κ2) is 11.8. The zero-order valence-corrected chi connectivity index (χ0v) is 28.5. The molecule has 0 aromatic carbocycles. The Morgan fingerprint density at radius 3 is 2.18 bits per heavy atom. The quantitative estimate of drug-likeness (QED) is 0.182. The van der Waals surface area contributed by atoms with E-state index in [0.717, 1.165) is 51.4 Å². The molecule has 0 spiro atoms. The maximum atomic E-state index is 12.0. The number of fused-ring (bicyclic) bond motifs is 5. The second-order valence-corrected chi connectivity index (χ2v) is 17.3. The molecule has 5 fully saturated rings. The summed E-state index contributed by atoms with van der Waals surface area (Å²) in [7, 11) is 0. The van der Waals surface area contributed by atoms with E-state index in [9.17, 15) is 30.6 Å². The number of aliphatic hydroxyl groups excluding tert-OH is 5. The molecule has 0 aromatic rings. The number of rotatable bonds is 7. The zero-order chi connectivity index (χ0) is 32.6. The summed E-state index contributed by atoms with van der Waals surface area (Å²) in [6.45, 7) is 17.5. The molecule has 0 radical (unpaired) electrons. The molecule has 5 rings (SSSR count). The Labute approximate surface area is 265 Å². The number of hydrogen-bond donors (Lipinski definition) is 6.